The molecule has 0 radical (unpaired) electrons. The van der Waals surface area contributed by atoms with Crippen molar-refractivity contribution in [1.29, 1.82) is 0 Å². The summed E-state index contributed by atoms with van der Waals surface area (Å²) in [6, 6.07) is 1.52. The average molecular weight is 254 g/mol. The Morgan fingerprint density at radius 3 is 2.44 bits per heavy atom. The maximum Gasteiger partial charge on any atom is 0.103 e. The zero-order valence-corrected chi connectivity index (χ0v) is 11.2. The fourth-order valence-corrected chi connectivity index (χ4v) is 2.81. The van der Waals surface area contributed by atoms with Crippen molar-refractivity contribution in [2.24, 2.45) is 0 Å². The Kier molecular flexibility index (Phi) is 5.97. The summed E-state index contributed by atoms with van der Waals surface area (Å²) in [6.07, 6.45) is 7.73. The lowest BCUT2D eigenvalue weighted by Gasteiger charge is -2.30. The third-order valence-electron chi connectivity index (χ3n) is 3.79. The van der Waals surface area contributed by atoms with Gasteiger partial charge in [0.1, 0.15) is 6.61 Å². The normalized spacial score (nSPS) is 32.3. The highest BCUT2D eigenvalue weighted by atomic mass is 16.5. The lowest BCUT2D eigenvalue weighted by Crippen LogP contribution is -2.47. The molecule has 4 heteroatoms. The van der Waals surface area contributed by atoms with E-state index in [0.717, 1.165) is 26.4 Å². The summed E-state index contributed by atoms with van der Waals surface area (Å²) in [5, 5.41) is 7.05. The van der Waals surface area contributed by atoms with Gasteiger partial charge in [0.15, 0.2) is 0 Å². The first-order chi connectivity index (χ1) is 8.88. The summed E-state index contributed by atoms with van der Waals surface area (Å²) < 4.78 is 11.1. The number of rotatable bonds is 7. The molecule has 1 unspecified atom stereocenters. The van der Waals surface area contributed by atoms with Gasteiger partial charge in [-0.1, -0.05) is 13.0 Å². The highest BCUT2D eigenvalue weighted by molar-refractivity contribution is 4.81. The highest BCUT2D eigenvalue weighted by Crippen LogP contribution is 2.14. The Morgan fingerprint density at radius 1 is 1.00 bits per heavy atom. The summed E-state index contributed by atoms with van der Waals surface area (Å²) >= 11 is 0. The van der Waals surface area contributed by atoms with Gasteiger partial charge in [-0.2, -0.15) is 0 Å². The maximum atomic E-state index is 5.82. The molecule has 0 aliphatic carbocycles. The monoisotopic (exact) mass is 254 g/mol. The molecule has 2 aliphatic heterocycles. The van der Waals surface area contributed by atoms with Crippen molar-refractivity contribution in [3.8, 4) is 0 Å². The molecule has 0 aromatic carbocycles. The summed E-state index contributed by atoms with van der Waals surface area (Å²) in [5.74, 6) is 0. The van der Waals surface area contributed by atoms with Crippen molar-refractivity contribution in [1.82, 2.24) is 10.6 Å². The Bertz CT molecular complexity index is 242. The second kappa shape index (κ2) is 7.77. The molecular formula is C14H26N2O2. The minimum atomic E-state index is 0.454. The lowest BCUT2D eigenvalue weighted by molar-refractivity contribution is 0.0749. The standard InChI is InChI=1S/C14H26N2O2/c1-2-17-10-13-5-3-6-14(16-13)11-18-9-12-7-4-8-15-12/h2,12-16H,1,3-11H2/t12-,13-,14?/m0/s1. The van der Waals surface area contributed by atoms with Crippen LogP contribution in [0.3, 0.4) is 0 Å². The van der Waals surface area contributed by atoms with E-state index in [0.29, 0.717) is 18.1 Å². The fourth-order valence-electron chi connectivity index (χ4n) is 2.81. The molecule has 4 nitrogen and oxygen atoms in total. The van der Waals surface area contributed by atoms with E-state index in [9.17, 15) is 0 Å². The first kappa shape index (κ1) is 13.8. The largest absolute Gasteiger partial charge is 0.500 e. The van der Waals surface area contributed by atoms with E-state index < -0.39 is 0 Å². The first-order valence-electron chi connectivity index (χ1n) is 7.18. The van der Waals surface area contributed by atoms with Crippen LogP contribution in [0.4, 0.5) is 0 Å². The van der Waals surface area contributed by atoms with Crippen LogP contribution in [-0.4, -0.2) is 44.5 Å². The van der Waals surface area contributed by atoms with Crippen molar-refractivity contribution in [3.63, 3.8) is 0 Å². The van der Waals surface area contributed by atoms with Crippen molar-refractivity contribution in [2.75, 3.05) is 26.4 Å². The van der Waals surface area contributed by atoms with Crippen LogP contribution in [0.25, 0.3) is 0 Å². The highest BCUT2D eigenvalue weighted by Gasteiger charge is 2.22. The van der Waals surface area contributed by atoms with Gasteiger partial charge in [-0.25, -0.2) is 0 Å². The Balaban J connectivity index is 1.58. The van der Waals surface area contributed by atoms with Gasteiger partial charge in [0, 0.05) is 18.1 Å². The van der Waals surface area contributed by atoms with E-state index >= 15 is 0 Å². The van der Waals surface area contributed by atoms with E-state index in [1.807, 2.05) is 0 Å². The van der Waals surface area contributed by atoms with Gasteiger partial charge in [-0.05, 0) is 32.2 Å². The smallest absolute Gasteiger partial charge is 0.103 e. The Hall–Kier alpha value is -0.580. The molecule has 0 saturated carbocycles. The van der Waals surface area contributed by atoms with Crippen LogP contribution >= 0.6 is 0 Å². The Labute approximate surface area is 110 Å². The van der Waals surface area contributed by atoms with Crippen LogP contribution < -0.4 is 10.6 Å². The van der Waals surface area contributed by atoms with Crippen LogP contribution in [0.5, 0.6) is 0 Å². The van der Waals surface area contributed by atoms with Crippen molar-refractivity contribution < 1.29 is 9.47 Å². The second-order valence-electron chi connectivity index (χ2n) is 5.32. The van der Waals surface area contributed by atoms with Crippen LogP contribution in [0.1, 0.15) is 32.1 Å². The van der Waals surface area contributed by atoms with Crippen molar-refractivity contribution >= 4 is 0 Å². The second-order valence-corrected chi connectivity index (χ2v) is 5.32. The predicted octanol–water partition coefficient (Wildman–Crippen LogP) is 1.43. The minimum absolute atomic E-state index is 0.454. The molecule has 2 aliphatic rings. The topological polar surface area (TPSA) is 42.5 Å². The van der Waals surface area contributed by atoms with E-state index in [1.54, 1.807) is 0 Å². The molecule has 104 valence electrons. The lowest BCUT2D eigenvalue weighted by atomic mass is 9.99. The summed E-state index contributed by atoms with van der Waals surface area (Å²) in [4.78, 5) is 0. The van der Waals surface area contributed by atoms with E-state index in [2.05, 4.69) is 17.2 Å². The third kappa shape index (κ3) is 4.59. The van der Waals surface area contributed by atoms with Gasteiger partial charge in [0.05, 0.1) is 19.5 Å². The van der Waals surface area contributed by atoms with E-state index in [4.69, 9.17) is 9.47 Å². The van der Waals surface area contributed by atoms with Gasteiger partial charge >= 0.3 is 0 Å². The van der Waals surface area contributed by atoms with Crippen LogP contribution in [-0.2, 0) is 9.47 Å². The van der Waals surface area contributed by atoms with Gasteiger partial charge < -0.3 is 20.1 Å². The molecule has 2 saturated heterocycles. The molecular weight excluding hydrogens is 228 g/mol. The zero-order valence-electron chi connectivity index (χ0n) is 11.2. The summed E-state index contributed by atoms with van der Waals surface area (Å²) in [5.41, 5.74) is 0. The number of piperidine rings is 1. The predicted molar refractivity (Wildman–Crippen MR) is 72.6 cm³/mol. The molecule has 18 heavy (non-hydrogen) atoms. The molecule has 3 atom stereocenters. The molecule has 0 aromatic heterocycles. The quantitative estimate of drug-likeness (QED) is 0.674. The van der Waals surface area contributed by atoms with Gasteiger partial charge in [-0.15, -0.1) is 0 Å². The van der Waals surface area contributed by atoms with Crippen molar-refractivity contribution in [3.05, 3.63) is 12.8 Å². The first-order valence-corrected chi connectivity index (χ1v) is 7.18. The fraction of sp³-hybridized carbons (Fsp3) is 0.857. The summed E-state index contributed by atoms with van der Waals surface area (Å²) in [6.45, 7) is 7.13. The van der Waals surface area contributed by atoms with E-state index in [1.165, 1.54) is 38.4 Å². The van der Waals surface area contributed by atoms with Gasteiger partial charge in [0.25, 0.3) is 0 Å². The Morgan fingerprint density at radius 2 is 1.72 bits per heavy atom. The average Bonchev–Trinajstić information content (AvgIpc) is 2.90. The molecule has 2 rings (SSSR count). The molecule has 0 aromatic rings. The van der Waals surface area contributed by atoms with Gasteiger partial charge in [0.2, 0.25) is 0 Å². The van der Waals surface area contributed by atoms with Crippen LogP contribution in [0.15, 0.2) is 12.8 Å². The number of hydrogen-bond donors (Lipinski definition) is 2. The SMILES string of the molecule is C=COC[C@@H]1CCCC(COC[C@@H]2CCCN2)N1. The van der Waals surface area contributed by atoms with E-state index in [-0.39, 0.29) is 0 Å². The molecule has 2 heterocycles. The molecule has 0 bridgehead atoms. The molecule has 0 amide bonds. The molecule has 2 fully saturated rings. The van der Waals surface area contributed by atoms with Gasteiger partial charge in [-0.3, -0.25) is 0 Å². The third-order valence-corrected chi connectivity index (χ3v) is 3.79. The maximum absolute atomic E-state index is 5.82. The number of hydrogen-bond acceptors (Lipinski definition) is 4. The van der Waals surface area contributed by atoms with Crippen LogP contribution in [0, 0.1) is 0 Å². The molecule has 0 spiro atoms. The zero-order chi connectivity index (χ0) is 12.6. The minimum Gasteiger partial charge on any atom is -0.500 e. The molecule has 2 N–H and O–H groups in total. The number of ether oxygens (including phenoxy) is 2. The van der Waals surface area contributed by atoms with Crippen LogP contribution in [0.2, 0.25) is 0 Å². The van der Waals surface area contributed by atoms with Crippen molar-refractivity contribution in [2.45, 2.75) is 50.2 Å². The number of nitrogens with one attached hydrogen (secondary N) is 2. The summed E-state index contributed by atoms with van der Waals surface area (Å²) in [7, 11) is 0.